The molecule has 384 valence electrons. The molecule has 0 saturated carbocycles. The number of aromatic nitrogens is 4. The van der Waals surface area contributed by atoms with Gasteiger partial charge in [0.1, 0.15) is 17.2 Å². The van der Waals surface area contributed by atoms with Crippen LogP contribution in [0.3, 0.4) is 0 Å². The second-order valence-corrected chi connectivity index (χ2v) is 19.4. The summed E-state index contributed by atoms with van der Waals surface area (Å²) < 4.78 is 18.8. The van der Waals surface area contributed by atoms with Crippen LogP contribution in [0.4, 0.5) is 0 Å². The lowest BCUT2D eigenvalue weighted by atomic mass is 10.0. The monoisotopic (exact) mass is 981 g/mol. The third-order valence-corrected chi connectivity index (χ3v) is 14.3. The van der Waals surface area contributed by atoms with Crippen LogP contribution in [0.5, 0.6) is 17.2 Å². The summed E-state index contributed by atoms with van der Waals surface area (Å²) in [6, 6.07) is 36.2. The van der Waals surface area contributed by atoms with Gasteiger partial charge in [-0.15, -0.1) is 0 Å². The molecule has 73 heavy (non-hydrogen) atoms. The Morgan fingerprint density at radius 1 is 0.384 bits per heavy atom. The van der Waals surface area contributed by atoms with Crippen molar-refractivity contribution in [1.82, 2.24) is 29.7 Å². The first kappa shape index (κ1) is 52.9. The molecule has 2 N–H and O–H groups in total. The number of ether oxygens (including phenoxy) is 3. The Balaban J connectivity index is 1.14. The summed E-state index contributed by atoms with van der Waals surface area (Å²) in [7, 11) is 0. The molecule has 0 atom stereocenters. The van der Waals surface area contributed by atoms with Gasteiger partial charge in [-0.3, -0.25) is 0 Å². The van der Waals surface area contributed by atoms with Crippen molar-refractivity contribution in [3.63, 3.8) is 0 Å². The van der Waals surface area contributed by atoms with Crippen LogP contribution in [0.25, 0.3) is 79.8 Å². The number of unbranched alkanes of at least 4 members (excludes halogenated alkanes) is 9. The molecule has 0 spiro atoms. The van der Waals surface area contributed by atoms with Gasteiger partial charge in [0.05, 0.1) is 42.6 Å². The van der Waals surface area contributed by atoms with Crippen LogP contribution in [0, 0.1) is 0 Å². The Hall–Kier alpha value is -6.42. The number of H-pyrrole nitrogens is 2. The number of benzene rings is 3. The van der Waals surface area contributed by atoms with Gasteiger partial charge in [-0.05, 0) is 153 Å². The molecule has 0 unspecified atom stereocenters. The molecule has 8 bridgehead atoms. The zero-order valence-electron chi connectivity index (χ0n) is 44.5. The van der Waals surface area contributed by atoms with Crippen LogP contribution in [0.2, 0.25) is 0 Å². The van der Waals surface area contributed by atoms with E-state index >= 15 is 0 Å². The standard InChI is InChI=1S/C64H80N6O3/c1-6-11-12-13-14-15-16-17-18-19-44-71-53-30-22-48(23-31-53)62-56-36-28-51(65-56)47-52-29-37-57(66-52)63(49-24-32-54(33-25-49)72-45-20-42-69(7-2)8-3)59-39-41-61(68-59)64(60-40-38-58(62)67-60)50-26-34-55(35-27-50)73-46-21-43-70(9-4)10-5/h22-41,47,66-67H,6-21,42-46H2,1-5H3. The van der Waals surface area contributed by atoms with Crippen molar-refractivity contribution in [2.75, 3.05) is 59.1 Å². The molecular formula is C64H80N6O3. The van der Waals surface area contributed by atoms with Gasteiger partial charge in [-0.1, -0.05) is 129 Å². The molecular weight excluding hydrogens is 901 g/mol. The fourth-order valence-corrected chi connectivity index (χ4v) is 10.0. The third-order valence-electron chi connectivity index (χ3n) is 14.3. The van der Waals surface area contributed by atoms with E-state index in [0.717, 1.165) is 161 Å². The number of fused-ring (bicyclic) bond motifs is 8. The molecule has 0 fully saturated rings. The number of hydrogen-bond acceptors (Lipinski definition) is 7. The molecule has 6 aromatic rings. The van der Waals surface area contributed by atoms with Crippen LogP contribution < -0.4 is 14.2 Å². The second kappa shape index (κ2) is 27.6. The molecule has 5 heterocycles. The molecule has 8 rings (SSSR count). The molecule has 9 nitrogen and oxygen atoms in total. The lowest BCUT2D eigenvalue weighted by molar-refractivity contribution is 0.249. The zero-order valence-corrected chi connectivity index (χ0v) is 44.5. The quantitative estimate of drug-likeness (QED) is 0.0452. The summed E-state index contributed by atoms with van der Waals surface area (Å²) in [5, 5.41) is 0. The van der Waals surface area contributed by atoms with Crippen LogP contribution in [-0.2, 0) is 0 Å². The molecule has 0 radical (unpaired) electrons. The van der Waals surface area contributed by atoms with Gasteiger partial charge in [-0.25, -0.2) is 9.97 Å². The number of rotatable bonds is 29. The predicted octanol–water partition coefficient (Wildman–Crippen LogP) is 16.2. The fraction of sp³-hybridized carbons (Fsp3) is 0.406. The number of nitrogens with zero attached hydrogens (tertiary/aromatic N) is 4. The summed E-state index contributed by atoms with van der Waals surface area (Å²) in [5.41, 5.74) is 13.5. The minimum Gasteiger partial charge on any atom is -0.494 e. The van der Waals surface area contributed by atoms with Crippen molar-refractivity contribution in [2.24, 2.45) is 0 Å². The van der Waals surface area contributed by atoms with Crippen LogP contribution in [0.1, 0.15) is 134 Å². The Labute approximate surface area is 435 Å². The van der Waals surface area contributed by atoms with Crippen LogP contribution in [-0.4, -0.2) is 88.8 Å². The highest BCUT2D eigenvalue weighted by molar-refractivity contribution is 5.97. The molecule has 0 saturated heterocycles. The number of hydrogen-bond donors (Lipinski definition) is 2. The number of nitrogens with one attached hydrogen (secondary N) is 2. The molecule has 9 heteroatoms. The highest BCUT2D eigenvalue weighted by atomic mass is 16.5. The largest absolute Gasteiger partial charge is 0.494 e. The van der Waals surface area contributed by atoms with Gasteiger partial charge in [0.2, 0.25) is 0 Å². The summed E-state index contributed by atoms with van der Waals surface area (Å²) in [4.78, 5) is 23.2. The van der Waals surface area contributed by atoms with Crippen LogP contribution in [0.15, 0.2) is 103 Å². The molecule has 0 aliphatic carbocycles. The minimum absolute atomic E-state index is 0.670. The summed E-state index contributed by atoms with van der Waals surface area (Å²) >= 11 is 0. The van der Waals surface area contributed by atoms with E-state index in [-0.39, 0.29) is 0 Å². The van der Waals surface area contributed by atoms with Gasteiger partial charge in [0.15, 0.2) is 0 Å². The Kier molecular flexibility index (Phi) is 20.0. The van der Waals surface area contributed by atoms with E-state index in [0.29, 0.717) is 13.2 Å². The highest BCUT2D eigenvalue weighted by Crippen LogP contribution is 2.37. The van der Waals surface area contributed by atoms with Gasteiger partial charge in [0, 0.05) is 51.8 Å². The first-order chi connectivity index (χ1) is 36.0. The van der Waals surface area contributed by atoms with Crippen molar-refractivity contribution in [3.05, 3.63) is 126 Å². The first-order valence-electron chi connectivity index (χ1n) is 27.7. The summed E-state index contributed by atoms with van der Waals surface area (Å²) in [6.45, 7) is 19.5. The average Bonchev–Trinajstić information content (AvgIpc) is 4.28. The van der Waals surface area contributed by atoms with Crippen molar-refractivity contribution >= 4 is 46.4 Å². The maximum atomic E-state index is 6.28. The van der Waals surface area contributed by atoms with E-state index in [1.165, 1.54) is 57.8 Å². The molecule has 3 aromatic heterocycles. The molecule has 2 aliphatic rings. The highest BCUT2D eigenvalue weighted by Gasteiger charge is 2.18. The van der Waals surface area contributed by atoms with Crippen molar-refractivity contribution in [2.45, 2.75) is 112 Å². The van der Waals surface area contributed by atoms with Gasteiger partial charge < -0.3 is 34.0 Å². The SMILES string of the molecule is CCCCCCCCCCCCOc1ccc(-c2c3nc(cc4ccc([nH]4)c(-c4ccc(OCCCN(CC)CC)cc4)c4nc(c(-c5ccc(OCCCN(CC)CC)cc5)c5ccc2[nH]5)C=C4)C=C3)cc1. The third kappa shape index (κ3) is 14.6. The average molecular weight is 981 g/mol. The Bertz CT molecular complexity index is 2870. The fourth-order valence-electron chi connectivity index (χ4n) is 10.0. The Morgan fingerprint density at radius 3 is 1.22 bits per heavy atom. The van der Waals surface area contributed by atoms with E-state index in [2.05, 4.69) is 182 Å². The molecule has 2 aliphatic heterocycles. The maximum Gasteiger partial charge on any atom is 0.119 e. The summed E-state index contributed by atoms with van der Waals surface area (Å²) in [5.74, 6) is 2.61. The molecule has 3 aromatic carbocycles. The predicted molar refractivity (Wildman–Crippen MR) is 308 cm³/mol. The number of aromatic amines is 2. The van der Waals surface area contributed by atoms with E-state index in [1.54, 1.807) is 0 Å². The lowest BCUT2D eigenvalue weighted by Crippen LogP contribution is -2.25. The minimum atomic E-state index is 0.670. The van der Waals surface area contributed by atoms with E-state index in [9.17, 15) is 0 Å². The summed E-state index contributed by atoms with van der Waals surface area (Å²) in [6.07, 6.45) is 23.5. The smallest absolute Gasteiger partial charge is 0.119 e. The van der Waals surface area contributed by atoms with Gasteiger partial charge in [0.25, 0.3) is 0 Å². The lowest BCUT2D eigenvalue weighted by Gasteiger charge is -2.17. The van der Waals surface area contributed by atoms with E-state index < -0.39 is 0 Å². The zero-order chi connectivity index (χ0) is 50.6. The van der Waals surface area contributed by atoms with Crippen molar-refractivity contribution in [3.8, 4) is 50.6 Å². The molecule has 0 amide bonds. The maximum absolute atomic E-state index is 6.28. The van der Waals surface area contributed by atoms with Crippen molar-refractivity contribution in [1.29, 1.82) is 0 Å². The van der Waals surface area contributed by atoms with Gasteiger partial charge in [-0.2, -0.15) is 0 Å². The Morgan fingerprint density at radius 2 is 0.767 bits per heavy atom. The normalized spacial score (nSPS) is 12.1. The van der Waals surface area contributed by atoms with Crippen molar-refractivity contribution < 1.29 is 14.2 Å². The second-order valence-electron chi connectivity index (χ2n) is 19.4. The van der Waals surface area contributed by atoms with E-state index in [4.69, 9.17) is 24.2 Å². The van der Waals surface area contributed by atoms with Gasteiger partial charge >= 0.3 is 0 Å². The van der Waals surface area contributed by atoms with Crippen LogP contribution >= 0.6 is 0 Å². The first-order valence-corrected chi connectivity index (χ1v) is 27.7. The van der Waals surface area contributed by atoms with E-state index in [1.807, 2.05) is 0 Å². The topological polar surface area (TPSA) is 91.5 Å².